The molecule has 0 atom stereocenters. The Balaban J connectivity index is 1.79. The first-order valence-corrected chi connectivity index (χ1v) is 4.86. The summed E-state index contributed by atoms with van der Waals surface area (Å²) in [5, 5.41) is 6.69. The molecule has 72 valence electrons. The van der Waals surface area contributed by atoms with Crippen molar-refractivity contribution in [3.05, 3.63) is 18.5 Å². The van der Waals surface area contributed by atoms with Gasteiger partial charge in [0, 0.05) is 30.9 Å². The molecule has 0 unspecified atom stereocenters. The zero-order chi connectivity index (χ0) is 9.15. The lowest BCUT2D eigenvalue weighted by molar-refractivity contribution is 0.507. The fourth-order valence-electron chi connectivity index (χ4n) is 1.69. The molecule has 0 amide bonds. The van der Waals surface area contributed by atoms with Crippen LogP contribution < -0.4 is 10.6 Å². The Morgan fingerprint density at radius 2 is 2.31 bits per heavy atom. The second kappa shape index (κ2) is 3.42. The van der Waals surface area contributed by atoms with Crippen LogP contribution in [-0.4, -0.2) is 25.1 Å². The maximum Gasteiger partial charge on any atom is 0.0517 e. The van der Waals surface area contributed by atoms with Crippen LogP contribution in [0.2, 0.25) is 0 Å². The third-order valence-corrected chi connectivity index (χ3v) is 2.77. The normalized spacial score (nSPS) is 18.5. The molecule has 1 aromatic heterocycles. The quantitative estimate of drug-likeness (QED) is 0.640. The molecule has 0 aromatic carbocycles. The van der Waals surface area contributed by atoms with E-state index in [2.05, 4.69) is 21.7 Å². The molecule has 0 aliphatic heterocycles. The molecule has 1 saturated carbocycles. The van der Waals surface area contributed by atoms with Gasteiger partial charge in [0.2, 0.25) is 0 Å². The Bertz CT molecular complexity index is 249. The average Bonchev–Trinajstić information content (AvgIpc) is 2.71. The number of aromatic nitrogens is 1. The van der Waals surface area contributed by atoms with Crippen molar-refractivity contribution >= 4 is 5.69 Å². The predicted molar refractivity (Wildman–Crippen MR) is 54.9 cm³/mol. The molecule has 1 aromatic rings. The van der Waals surface area contributed by atoms with Crippen molar-refractivity contribution in [2.75, 3.05) is 25.5 Å². The van der Waals surface area contributed by atoms with Crippen molar-refractivity contribution in [1.29, 1.82) is 0 Å². The lowest BCUT2D eigenvalue weighted by atomic mass is 10.1. The van der Waals surface area contributed by atoms with Gasteiger partial charge in [-0.25, -0.2) is 0 Å². The van der Waals surface area contributed by atoms with Crippen LogP contribution >= 0.6 is 0 Å². The zero-order valence-corrected chi connectivity index (χ0v) is 8.06. The highest BCUT2D eigenvalue weighted by Gasteiger charge is 2.41. The molecule has 1 fully saturated rings. The molecule has 0 saturated heterocycles. The number of H-pyrrole nitrogens is 1. The third kappa shape index (κ3) is 2.04. The maximum absolute atomic E-state index is 3.44. The molecule has 1 aliphatic rings. The zero-order valence-electron chi connectivity index (χ0n) is 8.06. The topological polar surface area (TPSA) is 39.8 Å². The summed E-state index contributed by atoms with van der Waals surface area (Å²) in [7, 11) is 2.02. The molecule has 3 heteroatoms. The van der Waals surface area contributed by atoms with Gasteiger partial charge < -0.3 is 15.6 Å². The average molecular weight is 179 g/mol. The number of hydrogen-bond acceptors (Lipinski definition) is 2. The number of rotatable bonds is 5. The van der Waals surface area contributed by atoms with E-state index in [9.17, 15) is 0 Å². The van der Waals surface area contributed by atoms with Gasteiger partial charge in [0.1, 0.15) is 0 Å². The Morgan fingerprint density at radius 1 is 1.46 bits per heavy atom. The van der Waals surface area contributed by atoms with Gasteiger partial charge in [-0.2, -0.15) is 0 Å². The van der Waals surface area contributed by atoms with Crippen molar-refractivity contribution in [2.45, 2.75) is 12.8 Å². The van der Waals surface area contributed by atoms with E-state index in [1.54, 1.807) is 0 Å². The van der Waals surface area contributed by atoms with Gasteiger partial charge in [0.15, 0.2) is 0 Å². The summed E-state index contributed by atoms with van der Waals surface area (Å²) < 4.78 is 0. The summed E-state index contributed by atoms with van der Waals surface area (Å²) in [5.74, 6) is 0. The van der Waals surface area contributed by atoms with E-state index in [1.165, 1.54) is 18.5 Å². The minimum atomic E-state index is 0.534. The Kier molecular flexibility index (Phi) is 2.27. The van der Waals surface area contributed by atoms with Gasteiger partial charge >= 0.3 is 0 Å². The fraction of sp³-hybridized carbons (Fsp3) is 0.600. The molecule has 2 rings (SSSR count). The second-order valence-electron chi connectivity index (χ2n) is 3.98. The van der Waals surface area contributed by atoms with Gasteiger partial charge in [0.25, 0.3) is 0 Å². The van der Waals surface area contributed by atoms with Crippen molar-refractivity contribution in [2.24, 2.45) is 5.41 Å². The lowest BCUT2D eigenvalue weighted by Crippen LogP contribution is -2.26. The highest BCUT2D eigenvalue weighted by Crippen LogP contribution is 2.44. The van der Waals surface area contributed by atoms with Crippen LogP contribution in [-0.2, 0) is 0 Å². The van der Waals surface area contributed by atoms with E-state index in [0.29, 0.717) is 5.41 Å². The Hall–Kier alpha value is -0.960. The maximum atomic E-state index is 3.44. The van der Waals surface area contributed by atoms with Gasteiger partial charge in [-0.05, 0) is 26.0 Å². The molecule has 1 heterocycles. The van der Waals surface area contributed by atoms with E-state index in [4.69, 9.17) is 0 Å². The van der Waals surface area contributed by atoms with Crippen LogP contribution in [0.5, 0.6) is 0 Å². The fourth-order valence-corrected chi connectivity index (χ4v) is 1.69. The van der Waals surface area contributed by atoms with Crippen LogP contribution in [0.3, 0.4) is 0 Å². The number of anilines is 1. The number of aromatic amines is 1. The molecular weight excluding hydrogens is 162 g/mol. The summed E-state index contributed by atoms with van der Waals surface area (Å²) in [6.07, 6.45) is 6.64. The van der Waals surface area contributed by atoms with Crippen molar-refractivity contribution in [3.8, 4) is 0 Å². The monoisotopic (exact) mass is 179 g/mol. The lowest BCUT2D eigenvalue weighted by Gasteiger charge is -2.15. The SMILES string of the molecule is CNCC1(CNc2cc[nH]c2)CC1. The van der Waals surface area contributed by atoms with E-state index >= 15 is 0 Å². The summed E-state index contributed by atoms with van der Waals surface area (Å²) in [4.78, 5) is 3.04. The molecule has 1 aliphatic carbocycles. The molecule has 3 N–H and O–H groups in total. The first-order valence-electron chi connectivity index (χ1n) is 4.86. The largest absolute Gasteiger partial charge is 0.383 e. The number of hydrogen-bond donors (Lipinski definition) is 3. The highest BCUT2D eigenvalue weighted by molar-refractivity contribution is 5.40. The van der Waals surface area contributed by atoms with E-state index < -0.39 is 0 Å². The number of nitrogens with one attached hydrogen (secondary N) is 3. The molecule has 0 spiro atoms. The summed E-state index contributed by atoms with van der Waals surface area (Å²) >= 11 is 0. The molecule has 0 bridgehead atoms. The summed E-state index contributed by atoms with van der Waals surface area (Å²) in [5.41, 5.74) is 1.73. The van der Waals surface area contributed by atoms with Gasteiger partial charge in [-0.15, -0.1) is 0 Å². The van der Waals surface area contributed by atoms with Crippen LogP contribution in [0.4, 0.5) is 5.69 Å². The summed E-state index contributed by atoms with van der Waals surface area (Å²) in [6.45, 7) is 2.22. The van der Waals surface area contributed by atoms with E-state index in [1.807, 2.05) is 19.4 Å². The molecule has 13 heavy (non-hydrogen) atoms. The van der Waals surface area contributed by atoms with Crippen LogP contribution in [0, 0.1) is 5.41 Å². The standard InChI is InChI=1S/C10H17N3/c1-11-7-10(3-4-10)8-13-9-2-5-12-6-9/h2,5-6,11-13H,3-4,7-8H2,1H3. The minimum Gasteiger partial charge on any atom is -0.383 e. The second-order valence-corrected chi connectivity index (χ2v) is 3.98. The van der Waals surface area contributed by atoms with E-state index in [0.717, 1.165) is 13.1 Å². The van der Waals surface area contributed by atoms with Gasteiger partial charge in [0.05, 0.1) is 5.69 Å². The first-order chi connectivity index (χ1) is 6.35. The third-order valence-electron chi connectivity index (χ3n) is 2.77. The van der Waals surface area contributed by atoms with E-state index in [-0.39, 0.29) is 0 Å². The van der Waals surface area contributed by atoms with Crippen LogP contribution in [0.25, 0.3) is 0 Å². The Morgan fingerprint density at radius 3 is 2.85 bits per heavy atom. The van der Waals surface area contributed by atoms with Crippen LogP contribution in [0.1, 0.15) is 12.8 Å². The smallest absolute Gasteiger partial charge is 0.0517 e. The molecule has 3 nitrogen and oxygen atoms in total. The van der Waals surface area contributed by atoms with Crippen molar-refractivity contribution in [1.82, 2.24) is 10.3 Å². The Labute approximate surface area is 78.9 Å². The predicted octanol–water partition coefficient (Wildman–Crippen LogP) is 1.43. The molecule has 0 radical (unpaired) electrons. The first kappa shape index (κ1) is 8.63. The summed E-state index contributed by atoms with van der Waals surface area (Å²) in [6, 6.07) is 2.06. The van der Waals surface area contributed by atoms with Crippen LogP contribution in [0.15, 0.2) is 18.5 Å². The van der Waals surface area contributed by atoms with Crippen molar-refractivity contribution in [3.63, 3.8) is 0 Å². The van der Waals surface area contributed by atoms with Gasteiger partial charge in [-0.1, -0.05) is 0 Å². The highest BCUT2D eigenvalue weighted by atomic mass is 14.9. The minimum absolute atomic E-state index is 0.534. The van der Waals surface area contributed by atoms with Crippen molar-refractivity contribution < 1.29 is 0 Å². The molecular formula is C10H17N3. The van der Waals surface area contributed by atoms with Gasteiger partial charge in [-0.3, -0.25) is 0 Å².